The summed E-state index contributed by atoms with van der Waals surface area (Å²) in [4.78, 5) is 0. The van der Waals surface area contributed by atoms with Gasteiger partial charge in [-0.2, -0.15) is 0 Å². The minimum Gasteiger partial charge on any atom is -0.0836 e. The van der Waals surface area contributed by atoms with Crippen molar-refractivity contribution in [2.45, 2.75) is 24.9 Å². The lowest BCUT2D eigenvalue weighted by molar-refractivity contribution is 1.02. The minimum absolute atomic E-state index is 0.256. The molecule has 0 N–H and O–H groups in total. The van der Waals surface area contributed by atoms with Crippen molar-refractivity contribution in [2.24, 2.45) is 0 Å². The SMILES string of the molecule is C1=CCC(P(C2=CCCC=C2)c2ccccc2)C=C1. The average Bonchev–Trinajstić information content (AvgIpc) is 2.51. The fourth-order valence-electron chi connectivity index (χ4n) is 2.66. The van der Waals surface area contributed by atoms with E-state index in [-0.39, 0.29) is 7.92 Å². The first-order valence-corrected chi connectivity index (χ1v) is 8.40. The Balaban J connectivity index is 1.96. The Hall–Kier alpha value is -1.39. The highest BCUT2D eigenvalue weighted by atomic mass is 31.1. The lowest BCUT2D eigenvalue weighted by Gasteiger charge is -2.28. The molecule has 3 rings (SSSR count). The van der Waals surface area contributed by atoms with E-state index in [1.54, 1.807) is 5.31 Å². The van der Waals surface area contributed by atoms with E-state index >= 15 is 0 Å². The van der Waals surface area contributed by atoms with E-state index in [9.17, 15) is 0 Å². The van der Waals surface area contributed by atoms with E-state index in [1.165, 1.54) is 24.6 Å². The molecule has 0 bridgehead atoms. The van der Waals surface area contributed by atoms with Crippen molar-refractivity contribution >= 4 is 13.2 Å². The Morgan fingerprint density at radius 3 is 2.53 bits per heavy atom. The Bertz CT molecular complexity index is 534. The first-order chi connectivity index (χ1) is 9.45. The molecular weight excluding hydrogens is 247 g/mol. The van der Waals surface area contributed by atoms with Crippen molar-refractivity contribution in [1.29, 1.82) is 0 Å². The predicted octanol–water partition coefficient (Wildman–Crippen LogP) is 4.91. The zero-order valence-corrected chi connectivity index (χ0v) is 12.0. The highest BCUT2D eigenvalue weighted by molar-refractivity contribution is 7.70. The molecule has 0 amide bonds. The van der Waals surface area contributed by atoms with Gasteiger partial charge in [-0.05, 0) is 37.8 Å². The van der Waals surface area contributed by atoms with Crippen molar-refractivity contribution in [2.75, 3.05) is 0 Å². The lowest BCUT2D eigenvalue weighted by atomic mass is 10.2. The van der Waals surface area contributed by atoms with Gasteiger partial charge in [-0.15, -0.1) is 0 Å². The smallest absolute Gasteiger partial charge is 0.00882 e. The highest BCUT2D eigenvalue weighted by Crippen LogP contribution is 2.52. The lowest BCUT2D eigenvalue weighted by Crippen LogP contribution is -2.13. The summed E-state index contributed by atoms with van der Waals surface area (Å²) in [5, 5.41) is 3.05. The van der Waals surface area contributed by atoms with Gasteiger partial charge in [-0.25, -0.2) is 0 Å². The predicted molar refractivity (Wildman–Crippen MR) is 86.1 cm³/mol. The Kier molecular flexibility index (Phi) is 4.10. The molecule has 2 unspecified atom stereocenters. The van der Waals surface area contributed by atoms with E-state index in [4.69, 9.17) is 0 Å². The summed E-state index contributed by atoms with van der Waals surface area (Å²) >= 11 is 0. The third-order valence-electron chi connectivity index (χ3n) is 3.58. The third kappa shape index (κ3) is 2.96. The molecule has 0 heterocycles. The summed E-state index contributed by atoms with van der Waals surface area (Å²) in [6.45, 7) is 0. The van der Waals surface area contributed by atoms with Crippen LogP contribution in [0.25, 0.3) is 0 Å². The van der Waals surface area contributed by atoms with Gasteiger partial charge in [0.25, 0.3) is 0 Å². The number of benzene rings is 1. The first kappa shape index (κ1) is 12.6. The van der Waals surface area contributed by atoms with Crippen LogP contribution in [-0.4, -0.2) is 5.66 Å². The number of hydrogen-bond donors (Lipinski definition) is 0. The van der Waals surface area contributed by atoms with Crippen molar-refractivity contribution in [3.8, 4) is 0 Å². The molecule has 1 aromatic rings. The van der Waals surface area contributed by atoms with Crippen molar-refractivity contribution in [3.05, 3.63) is 78.2 Å². The van der Waals surface area contributed by atoms with Gasteiger partial charge < -0.3 is 0 Å². The summed E-state index contributed by atoms with van der Waals surface area (Å²) < 4.78 is 0. The highest BCUT2D eigenvalue weighted by Gasteiger charge is 2.23. The summed E-state index contributed by atoms with van der Waals surface area (Å²) in [5.74, 6) is 0. The Labute approximate surface area is 117 Å². The zero-order chi connectivity index (χ0) is 12.9. The maximum atomic E-state index is 2.45. The van der Waals surface area contributed by atoms with Gasteiger partial charge in [0.15, 0.2) is 0 Å². The fraction of sp³-hybridized carbons (Fsp3) is 0.222. The topological polar surface area (TPSA) is 0 Å². The van der Waals surface area contributed by atoms with Crippen LogP contribution >= 0.6 is 7.92 Å². The van der Waals surface area contributed by atoms with Crippen LogP contribution in [-0.2, 0) is 0 Å². The van der Waals surface area contributed by atoms with Gasteiger partial charge >= 0.3 is 0 Å². The van der Waals surface area contributed by atoms with Crippen LogP contribution < -0.4 is 5.30 Å². The molecule has 2 aliphatic carbocycles. The molecule has 0 saturated carbocycles. The molecule has 1 aromatic carbocycles. The van der Waals surface area contributed by atoms with Crippen molar-refractivity contribution in [1.82, 2.24) is 0 Å². The van der Waals surface area contributed by atoms with Crippen LogP contribution in [0.5, 0.6) is 0 Å². The van der Waals surface area contributed by atoms with Gasteiger partial charge in [0.2, 0.25) is 0 Å². The van der Waals surface area contributed by atoms with Crippen LogP contribution in [0, 0.1) is 0 Å². The van der Waals surface area contributed by atoms with E-state index in [0.717, 1.165) is 0 Å². The Morgan fingerprint density at radius 1 is 0.947 bits per heavy atom. The average molecular weight is 266 g/mol. The van der Waals surface area contributed by atoms with Crippen LogP contribution in [0.1, 0.15) is 19.3 Å². The maximum absolute atomic E-state index is 2.45. The zero-order valence-electron chi connectivity index (χ0n) is 11.1. The molecule has 0 nitrogen and oxygen atoms in total. The molecule has 0 aliphatic heterocycles. The second-order valence-electron chi connectivity index (χ2n) is 4.93. The fourth-order valence-corrected chi connectivity index (χ4v) is 5.41. The first-order valence-electron chi connectivity index (χ1n) is 6.99. The second kappa shape index (κ2) is 6.17. The summed E-state index contributed by atoms with van der Waals surface area (Å²) in [6, 6.07) is 11.0. The molecule has 2 aliphatic rings. The van der Waals surface area contributed by atoms with Crippen molar-refractivity contribution in [3.63, 3.8) is 0 Å². The second-order valence-corrected chi connectivity index (χ2v) is 7.37. The Morgan fingerprint density at radius 2 is 1.84 bits per heavy atom. The molecule has 0 saturated heterocycles. The van der Waals surface area contributed by atoms with Crippen LogP contribution in [0.4, 0.5) is 0 Å². The summed E-state index contributed by atoms with van der Waals surface area (Å²) in [5.41, 5.74) is 0.649. The van der Waals surface area contributed by atoms with Crippen molar-refractivity contribution < 1.29 is 0 Å². The molecule has 0 fully saturated rings. The van der Waals surface area contributed by atoms with Crippen LogP contribution in [0.15, 0.2) is 78.2 Å². The van der Waals surface area contributed by atoms with Gasteiger partial charge in [-0.1, -0.05) is 72.9 Å². The molecule has 0 radical (unpaired) electrons. The molecule has 96 valence electrons. The standard InChI is InChI=1S/C18H19P/c1-4-10-16(11-5-1)19(17-12-6-2-7-13-17)18-14-8-3-9-15-18/h1-2,4-8,10-12,14-15,17H,3,9,13H2. The van der Waals surface area contributed by atoms with Gasteiger partial charge in [0, 0.05) is 5.66 Å². The molecule has 2 atom stereocenters. The van der Waals surface area contributed by atoms with Gasteiger partial charge in [0.05, 0.1) is 0 Å². The van der Waals surface area contributed by atoms with E-state index in [1.807, 2.05) is 0 Å². The van der Waals surface area contributed by atoms with Crippen LogP contribution in [0.3, 0.4) is 0 Å². The van der Waals surface area contributed by atoms with Gasteiger partial charge in [0.1, 0.15) is 0 Å². The quantitative estimate of drug-likeness (QED) is 0.682. The largest absolute Gasteiger partial charge is 0.0836 e. The molecule has 0 aromatic heterocycles. The minimum atomic E-state index is -0.256. The molecule has 19 heavy (non-hydrogen) atoms. The monoisotopic (exact) mass is 266 g/mol. The van der Waals surface area contributed by atoms with E-state index in [0.29, 0.717) is 5.66 Å². The number of allylic oxidation sites excluding steroid dienone is 8. The molecular formula is C18H19P. The number of rotatable bonds is 3. The normalized spacial score (nSPS) is 23.2. The van der Waals surface area contributed by atoms with E-state index in [2.05, 4.69) is 72.9 Å². The summed E-state index contributed by atoms with van der Waals surface area (Å²) in [7, 11) is -0.256. The molecule has 0 spiro atoms. The van der Waals surface area contributed by atoms with E-state index < -0.39 is 0 Å². The van der Waals surface area contributed by atoms with Gasteiger partial charge in [-0.3, -0.25) is 0 Å². The summed E-state index contributed by atoms with van der Waals surface area (Å²) in [6.07, 6.45) is 19.8. The third-order valence-corrected chi connectivity index (χ3v) is 6.37. The molecule has 1 heteroatoms. The van der Waals surface area contributed by atoms with Crippen LogP contribution in [0.2, 0.25) is 0 Å². The maximum Gasteiger partial charge on any atom is 0.00882 e. The number of hydrogen-bond acceptors (Lipinski definition) is 0.